The van der Waals surface area contributed by atoms with Crippen LogP contribution in [0.25, 0.3) is 0 Å². The van der Waals surface area contributed by atoms with E-state index in [1.54, 1.807) is 11.3 Å². The van der Waals surface area contributed by atoms with E-state index >= 15 is 0 Å². The molecule has 1 atom stereocenters. The highest BCUT2D eigenvalue weighted by molar-refractivity contribution is 7.09. The molecule has 2 heterocycles. The molecule has 1 saturated heterocycles. The summed E-state index contributed by atoms with van der Waals surface area (Å²) in [6.45, 7) is 1.29. The number of anilines is 1. The molecule has 1 aromatic carbocycles. The van der Waals surface area contributed by atoms with Gasteiger partial charge in [0.1, 0.15) is 0 Å². The maximum absolute atomic E-state index is 12.4. The number of thiophene rings is 1. The second-order valence-electron chi connectivity index (χ2n) is 6.11. The lowest BCUT2D eigenvalue weighted by Crippen LogP contribution is -2.43. The van der Waals surface area contributed by atoms with Crippen molar-refractivity contribution in [2.24, 2.45) is 5.92 Å². The fourth-order valence-corrected chi connectivity index (χ4v) is 3.74. The van der Waals surface area contributed by atoms with E-state index in [0.717, 1.165) is 31.5 Å². The number of hydrogen-bond donors (Lipinski definition) is 1. The van der Waals surface area contributed by atoms with Crippen molar-refractivity contribution in [2.75, 3.05) is 18.4 Å². The van der Waals surface area contributed by atoms with Crippen molar-refractivity contribution in [3.63, 3.8) is 0 Å². The Labute approximate surface area is 146 Å². The van der Waals surface area contributed by atoms with Crippen LogP contribution in [-0.2, 0) is 16.0 Å². The average molecular weight is 342 g/mol. The van der Waals surface area contributed by atoms with Gasteiger partial charge >= 0.3 is 0 Å². The van der Waals surface area contributed by atoms with Crippen molar-refractivity contribution in [3.8, 4) is 0 Å². The van der Waals surface area contributed by atoms with E-state index in [1.165, 1.54) is 4.88 Å². The zero-order chi connectivity index (χ0) is 16.8. The minimum Gasteiger partial charge on any atom is -0.342 e. The Morgan fingerprint density at radius 3 is 2.75 bits per heavy atom. The van der Waals surface area contributed by atoms with Gasteiger partial charge in [-0.2, -0.15) is 0 Å². The number of likely N-dealkylation sites (tertiary alicyclic amines) is 1. The van der Waals surface area contributed by atoms with Crippen molar-refractivity contribution in [1.82, 2.24) is 4.90 Å². The Morgan fingerprint density at radius 2 is 2.00 bits per heavy atom. The summed E-state index contributed by atoms with van der Waals surface area (Å²) in [5.41, 5.74) is 0.809. The minimum atomic E-state index is -0.121. The fourth-order valence-electron chi connectivity index (χ4n) is 3.03. The third-order valence-electron chi connectivity index (χ3n) is 4.35. The summed E-state index contributed by atoms with van der Waals surface area (Å²) in [6, 6.07) is 13.5. The summed E-state index contributed by atoms with van der Waals surface area (Å²) in [7, 11) is 0. The largest absolute Gasteiger partial charge is 0.342 e. The molecule has 1 fully saturated rings. The maximum atomic E-state index is 12.4. The third-order valence-corrected chi connectivity index (χ3v) is 5.29. The molecule has 0 saturated carbocycles. The first-order chi connectivity index (χ1) is 11.7. The third kappa shape index (κ3) is 4.45. The van der Waals surface area contributed by atoms with Gasteiger partial charge in [0.15, 0.2) is 0 Å². The molecular formula is C19H22N2O2S. The van der Waals surface area contributed by atoms with Crippen molar-refractivity contribution in [2.45, 2.75) is 25.7 Å². The Balaban J connectivity index is 1.51. The molecule has 1 N–H and O–H groups in total. The number of benzene rings is 1. The fraction of sp³-hybridized carbons (Fsp3) is 0.368. The van der Waals surface area contributed by atoms with Crippen LogP contribution in [0.15, 0.2) is 47.8 Å². The smallest absolute Gasteiger partial charge is 0.229 e. The zero-order valence-electron chi connectivity index (χ0n) is 13.6. The number of hydrogen-bond acceptors (Lipinski definition) is 3. The van der Waals surface area contributed by atoms with Gasteiger partial charge in [-0.05, 0) is 42.8 Å². The quantitative estimate of drug-likeness (QED) is 0.903. The normalized spacial score (nSPS) is 17.5. The van der Waals surface area contributed by atoms with Crippen LogP contribution in [0.3, 0.4) is 0 Å². The summed E-state index contributed by atoms with van der Waals surface area (Å²) in [5.74, 6) is 0.0437. The van der Waals surface area contributed by atoms with E-state index in [1.807, 2.05) is 46.7 Å². The summed E-state index contributed by atoms with van der Waals surface area (Å²) >= 11 is 1.68. The summed E-state index contributed by atoms with van der Waals surface area (Å²) in [6.07, 6.45) is 3.03. The van der Waals surface area contributed by atoms with Crippen LogP contribution in [-0.4, -0.2) is 29.8 Å². The molecule has 2 amide bonds. The molecular weight excluding hydrogens is 320 g/mol. The molecule has 4 nitrogen and oxygen atoms in total. The number of carbonyl (C=O) groups excluding carboxylic acids is 2. The van der Waals surface area contributed by atoms with Gasteiger partial charge in [0, 0.05) is 30.1 Å². The molecule has 0 bridgehead atoms. The number of amides is 2. The van der Waals surface area contributed by atoms with E-state index in [4.69, 9.17) is 0 Å². The Kier molecular flexibility index (Phi) is 5.64. The molecule has 126 valence electrons. The van der Waals surface area contributed by atoms with E-state index < -0.39 is 0 Å². The number of carbonyl (C=O) groups is 2. The van der Waals surface area contributed by atoms with Crippen molar-refractivity contribution < 1.29 is 9.59 Å². The van der Waals surface area contributed by atoms with E-state index in [-0.39, 0.29) is 17.7 Å². The van der Waals surface area contributed by atoms with Crippen LogP contribution < -0.4 is 5.32 Å². The van der Waals surface area contributed by atoms with Gasteiger partial charge in [-0.1, -0.05) is 24.3 Å². The lowest BCUT2D eigenvalue weighted by molar-refractivity contribution is -0.134. The Morgan fingerprint density at radius 1 is 1.17 bits per heavy atom. The van der Waals surface area contributed by atoms with Gasteiger partial charge in [0.2, 0.25) is 11.8 Å². The maximum Gasteiger partial charge on any atom is 0.229 e. The molecule has 3 rings (SSSR count). The highest BCUT2D eigenvalue weighted by Crippen LogP contribution is 2.20. The zero-order valence-corrected chi connectivity index (χ0v) is 14.4. The lowest BCUT2D eigenvalue weighted by Gasteiger charge is -2.32. The molecule has 5 heteroatoms. The van der Waals surface area contributed by atoms with Crippen molar-refractivity contribution >= 4 is 28.8 Å². The predicted octanol–water partition coefficient (Wildman–Crippen LogP) is 3.56. The average Bonchev–Trinajstić information content (AvgIpc) is 3.14. The first-order valence-electron chi connectivity index (χ1n) is 8.38. The van der Waals surface area contributed by atoms with Gasteiger partial charge in [0.05, 0.1) is 5.92 Å². The molecule has 24 heavy (non-hydrogen) atoms. The number of rotatable bonds is 5. The van der Waals surface area contributed by atoms with Crippen LogP contribution in [0.4, 0.5) is 5.69 Å². The van der Waals surface area contributed by atoms with Crippen LogP contribution >= 0.6 is 11.3 Å². The number of nitrogens with zero attached hydrogens (tertiary/aromatic N) is 1. The van der Waals surface area contributed by atoms with Gasteiger partial charge < -0.3 is 10.2 Å². The molecule has 1 aliphatic heterocycles. The van der Waals surface area contributed by atoms with Crippen LogP contribution in [0.5, 0.6) is 0 Å². The van der Waals surface area contributed by atoms with E-state index in [0.29, 0.717) is 13.0 Å². The van der Waals surface area contributed by atoms with Crippen molar-refractivity contribution in [1.29, 1.82) is 0 Å². The monoisotopic (exact) mass is 342 g/mol. The lowest BCUT2D eigenvalue weighted by atomic mass is 9.96. The first-order valence-corrected chi connectivity index (χ1v) is 9.26. The number of para-hydroxylation sites is 1. The Hall–Kier alpha value is -2.14. The molecule has 1 unspecified atom stereocenters. The standard InChI is InChI=1S/C19H22N2O2S/c22-18(11-10-17-9-5-13-24-17)21-12-4-6-15(14-21)19(23)20-16-7-2-1-3-8-16/h1-3,5,7-9,13,15H,4,6,10-12,14H2,(H,20,23). The van der Waals surface area contributed by atoms with Gasteiger partial charge in [-0.3, -0.25) is 9.59 Å². The second-order valence-corrected chi connectivity index (χ2v) is 7.15. The Bertz CT molecular complexity index is 670. The van der Waals surface area contributed by atoms with Gasteiger partial charge in [-0.15, -0.1) is 11.3 Å². The summed E-state index contributed by atoms with van der Waals surface area (Å²) < 4.78 is 0. The number of aryl methyl sites for hydroxylation is 1. The minimum absolute atomic E-state index is 0.0111. The molecule has 0 radical (unpaired) electrons. The second kappa shape index (κ2) is 8.11. The molecule has 2 aromatic rings. The summed E-state index contributed by atoms with van der Waals surface area (Å²) in [4.78, 5) is 27.9. The topological polar surface area (TPSA) is 49.4 Å². The summed E-state index contributed by atoms with van der Waals surface area (Å²) in [5, 5.41) is 4.98. The highest BCUT2D eigenvalue weighted by atomic mass is 32.1. The SMILES string of the molecule is O=C(Nc1ccccc1)C1CCCN(C(=O)CCc2cccs2)C1. The predicted molar refractivity (Wildman–Crippen MR) is 97.0 cm³/mol. The molecule has 1 aromatic heterocycles. The van der Waals surface area contributed by atoms with Gasteiger partial charge in [-0.25, -0.2) is 0 Å². The van der Waals surface area contributed by atoms with E-state index in [2.05, 4.69) is 11.4 Å². The van der Waals surface area contributed by atoms with E-state index in [9.17, 15) is 9.59 Å². The number of piperidine rings is 1. The molecule has 0 spiro atoms. The van der Waals surface area contributed by atoms with Crippen LogP contribution in [0.1, 0.15) is 24.1 Å². The van der Waals surface area contributed by atoms with Crippen molar-refractivity contribution in [3.05, 3.63) is 52.7 Å². The highest BCUT2D eigenvalue weighted by Gasteiger charge is 2.28. The number of nitrogens with one attached hydrogen (secondary N) is 1. The van der Waals surface area contributed by atoms with Crippen LogP contribution in [0.2, 0.25) is 0 Å². The molecule has 1 aliphatic rings. The first kappa shape index (κ1) is 16.7. The molecule has 0 aliphatic carbocycles. The van der Waals surface area contributed by atoms with Crippen LogP contribution in [0, 0.1) is 5.92 Å². The van der Waals surface area contributed by atoms with Gasteiger partial charge in [0.25, 0.3) is 0 Å².